The number of rotatable bonds is 5. The normalized spacial score (nSPS) is 10.9. The molecule has 1 aromatic carbocycles. The van der Waals surface area contributed by atoms with Crippen LogP contribution in [0.25, 0.3) is 11.3 Å². The number of aryl methyl sites for hydroxylation is 1. The smallest absolute Gasteiger partial charge is 0.279 e. The van der Waals surface area contributed by atoms with E-state index in [0.29, 0.717) is 17.4 Å². The van der Waals surface area contributed by atoms with Gasteiger partial charge in [-0.15, -0.1) is 16.4 Å². The zero-order valence-electron chi connectivity index (χ0n) is 14.6. The summed E-state index contributed by atoms with van der Waals surface area (Å²) in [5.41, 5.74) is 4.45. The number of nitrogens with one attached hydrogen (secondary N) is 1. The van der Waals surface area contributed by atoms with E-state index in [1.807, 2.05) is 42.6 Å². The van der Waals surface area contributed by atoms with E-state index in [0.717, 1.165) is 34.4 Å². The van der Waals surface area contributed by atoms with Crippen LogP contribution in [0.1, 0.15) is 27.6 Å². The molecule has 3 aromatic heterocycles. The van der Waals surface area contributed by atoms with E-state index in [1.54, 1.807) is 11.6 Å². The molecule has 1 amide bonds. The molecule has 0 atom stereocenters. The third-order valence-electron chi connectivity index (χ3n) is 4.04. The molecular formula is C17H15N7OS2. The Kier molecular flexibility index (Phi) is 4.73. The zero-order valence-corrected chi connectivity index (χ0v) is 16.2. The summed E-state index contributed by atoms with van der Waals surface area (Å²) in [4.78, 5) is 17.0. The van der Waals surface area contributed by atoms with Gasteiger partial charge in [-0.2, -0.15) is 8.75 Å². The molecule has 0 radical (unpaired) electrons. The van der Waals surface area contributed by atoms with Crippen LogP contribution in [0.4, 0.5) is 5.13 Å². The van der Waals surface area contributed by atoms with Crippen molar-refractivity contribution in [2.75, 3.05) is 5.32 Å². The van der Waals surface area contributed by atoms with E-state index < -0.39 is 0 Å². The lowest BCUT2D eigenvalue weighted by atomic mass is 10.2. The summed E-state index contributed by atoms with van der Waals surface area (Å²) < 4.78 is 10.0. The predicted molar refractivity (Wildman–Crippen MR) is 104 cm³/mol. The van der Waals surface area contributed by atoms with Crippen LogP contribution in [0.3, 0.4) is 0 Å². The predicted octanol–water partition coefficient (Wildman–Crippen LogP) is 3.17. The van der Waals surface area contributed by atoms with Crippen LogP contribution < -0.4 is 5.32 Å². The first-order valence-corrected chi connectivity index (χ1v) is 9.73. The summed E-state index contributed by atoms with van der Waals surface area (Å²) >= 11 is 2.53. The lowest BCUT2D eigenvalue weighted by molar-refractivity contribution is 0.102. The minimum atomic E-state index is -0.333. The second kappa shape index (κ2) is 7.33. The van der Waals surface area contributed by atoms with Gasteiger partial charge >= 0.3 is 0 Å². The minimum absolute atomic E-state index is 0.271. The van der Waals surface area contributed by atoms with Crippen LogP contribution in [0, 0.1) is 13.8 Å². The molecule has 0 aliphatic rings. The van der Waals surface area contributed by atoms with Crippen LogP contribution in [0.5, 0.6) is 0 Å². The molecule has 0 unspecified atom stereocenters. The highest BCUT2D eigenvalue weighted by molar-refractivity contribution is 7.14. The molecule has 4 rings (SSSR count). The Morgan fingerprint density at radius 3 is 2.74 bits per heavy atom. The van der Waals surface area contributed by atoms with Crippen LogP contribution in [-0.4, -0.2) is 34.6 Å². The van der Waals surface area contributed by atoms with Gasteiger partial charge in [0, 0.05) is 10.9 Å². The number of thiazole rings is 1. The molecule has 0 aliphatic heterocycles. The molecule has 136 valence electrons. The maximum absolute atomic E-state index is 12.6. The molecule has 8 nitrogen and oxygen atoms in total. The van der Waals surface area contributed by atoms with Crippen LogP contribution in [-0.2, 0) is 6.54 Å². The topological polar surface area (TPSA) is 98.5 Å². The zero-order chi connectivity index (χ0) is 18.8. The molecule has 3 heterocycles. The lowest BCUT2D eigenvalue weighted by Gasteiger charge is -2.02. The summed E-state index contributed by atoms with van der Waals surface area (Å²) in [6, 6.07) is 9.81. The molecule has 0 saturated carbocycles. The van der Waals surface area contributed by atoms with E-state index in [9.17, 15) is 4.79 Å². The van der Waals surface area contributed by atoms with Gasteiger partial charge in [0.1, 0.15) is 0 Å². The van der Waals surface area contributed by atoms with Crippen molar-refractivity contribution in [3.63, 3.8) is 0 Å². The molecule has 0 aliphatic carbocycles. The van der Waals surface area contributed by atoms with Crippen molar-refractivity contribution in [2.24, 2.45) is 0 Å². The molecule has 4 aromatic rings. The number of aromatic nitrogens is 6. The Balaban J connectivity index is 1.49. The molecule has 1 N–H and O–H groups in total. The fraction of sp³-hybridized carbons (Fsp3) is 0.176. The highest BCUT2D eigenvalue weighted by atomic mass is 32.1. The molecular weight excluding hydrogens is 382 g/mol. The average Bonchev–Trinajstić information content (AvgIpc) is 3.39. The van der Waals surface area contributed by atoms with Gasteiger partial charge < -0.3 is 0 Å². The summed E-state index contributed by atoms with van der Waals surface area (Å²) in [5.74, 6) is -0.333. The first kappa shape index (κ1) is 17.4. The first-order valence-electron chi connectivity index (χ1n) is 8.12. The van der Waals surface area contributed by atoms with Crippen LogP contribution in [0.15, 0.2) is 35.7 Å². The number of anilines is 1. The monoisotopic (exact) mass is 397 g/mol. The highest BCUT2D eigenvalue weighted by Gasteiger charge is 2.19. The van der Waals surface area contributed by atoms with E-state index in [-0.39, 0.29) is 11.6 Å². The molecule has 0 bridgehead atoms. The van der Waals surface area contributed by atoms with Crippen molar-refractivity contribution in [2.45, 2.75) is 20.4 Å². The number of hydrogen-bond acceptors (Lipinski definition) is 8. The van der Waals surface area contributed by atoms with Gasteiger partial charge in [0.2, 0.25) is 0 Å². The van der Waals surface area contributed by atoms with E-state index in [1.165, 1.54) is 11.3 Å². The van der Waals surface area contributed by atoms with E-state index in [4.69, 9.17) is 0 Å². The summed E-state index contributed by atoms with van der Waals surface area (Å²) in [6.07, 6.45) is 0. The second-order valence-electron chi connectivity index (χ2n) is 5.84. The largest absolute Gasteiger partial charge is 0.296 e. The Morgan fingerprint density at radius 1 is 1.19 bits per heavy atom. The van der Waals surface area contributed by atoms with Crippen molar-refractivity contribution in [1.82, 2.24) is 28.7 Å². The SMILES string of the molecule is Cc1nsnc1Cn1nnc(C(=O)Nc2nc(-c3ccccc3)cs2)c1C. The Morgan fingerprint density at radius 2 is 2.00 bits per heavy atom. The Labute approximate surface area is 163 Å². The lowest BCUT2D eigenvalue weighted by Crippen LogP contribution is -2.14. The number of amides is 1. The van der Waals surface area contributed by atoms with Crippen molar-refractivity contribution in [3.8, 4) is 11.3 Å². The molecule has 0 fully saturated rings. The number of nitrogens with zero attached hydrogens (tertiary/aromatic N) is 6. The number of hydrogen-bond donors (Lipinski definition) is 1. The van der Waals surface area contributed by atoms with E-state index in [2.05, 4.69) is 29.4 Å². The van der Waals surface area contributed by atoms with Gasteiger partial charge in [0.05, 0.1) is 41.0 Å². The van der Waals surface area contributed by atoms with Crippen molar-refractivity contribution in [1.29, 1.82) is 0 Å². The molecule has 10 heteroatoms. The first-order chi connectivity index (χ1) is 13.1. The Hall–Kier alpha value is -2.98. The summed E-state index contributed by atoms with van der Waals surface area (Å²) in [5, 5.41) is 13.3. The molecule has 27 heavy (non-hydrogen) atoms. The third-order valence-corrected chi connectivity index (χ3v) is 5.45. The van der Waals surface area contributed by atoms with Gasteiger partial charge in [0.25, 0.3) is 5.91 Å². The van der Waals surface area contributed by atoms with E-state index >= 15 is 0 Å². The fourth-order valence-electron chi connectivity index (χ4n) is 2.48. The maximum Gasteiger partial charge on any atom is 0.279 e. The number of benzene rings is 1. The van der Waals surface area contributed by atoms with Crippen molar-refractivity contribution in [3.05, 3.63) is 58.5 Å². The summed E-state index contributed by atoms with van der Waals surface area (Å²) in [6.45, 7) is 4.14. The van der Waals surface area contributed by atoms with Crippen molar-refractivity contribution >= 4 is 34.1 Å². The quantitative estimate of drug-likeness (QED) is 0.555. The highest BCUT2D eigenvalue weighted by Crippen LogP contribution is 2.25. The van der Waals surface area contributed by atoms with Crippen LogP contribution in [0.2, 0.25) is 0 Å². The molecule has 0 saturated heterocycles. The standard InChI is InChI=1S/C17H15N7OS2/c1-10-13(22-27-21-10)8-24-11(2)15(20-23-24)16(25)19-17-18-14(9-26-17)12-6-4-3-5-7-12/h3-7,9H,8H2,1-2H3,(H,18,19,25). The van der Waals surface area contributed by atoms with Gasteiger partial charge in [-0.3, -0.25) is 10.1 Å². The average molecular weight is 397 g/mol. The third kappa shape index (κ3) is 3.62. The van der Waals surface area contributed by atoms with Gasteiger partial charge in [0.15, 0.2) is 10.8 Å². The summed E-state index contributed by atoms with van der Waals surface area (Å²) in [7, 11) is 0. The molecule has 0 spiro atoms. The van der Waals surface area contributed by atoms with Gasteiger partial charge in [-0.05, 0) is 13.8 Å². The van der Waals surface area contributed by atoms with Gasteiger partial charge in [-0.25, -0.2) is 9.67 Å². The Bertz CT molecular complexity index is 1080. The fourth-order valence-corrected chi connectivity index (χ4v) is 3.76. The second-order valence-corrected chi connectivity index (χ2v) is 7.22. The van der Waals surface area contributed by atoms with Gasteiger partial charge in [-0.1, -0.05) is 35.5 Å². The maximum atomic E-state index is 12.6. The minimum Gasteiger partial charge on any atom is -0.296 e. The van der Waals surface area contributed by atoms with Crippen LogP contribution >= 0.6 is 23.1 Å². The van der Waals surface area contributed by atoms with Crippen molar-refractivity contribution < 1.29 is 4.79 Å². The number of carbonyl (C=O) groups is 1. The number of carbonyl (C=O) groups excluding carboxylic acids is 1.